The molecular weight excluding hydrogens is 105 g/mol. The minimum Gasteiger partial charge on any atom is -0.368 e. The van der Waals surface area contributed by atoms with Crippen molar-refractivity contribution in [2.75, 3.05) is 0 Å². The van der Waals surface area contributed by atoms with Crippen LogP contribution in [0.1, 0.15) is 12.8 Å². The Morgan fingerprint density at radius 2 is 2.57 bits per heavy atom. The first-order valence-corrected chi connectivity index (χ1v) is 3.74. The fraction of sp³-hybridized carbons (Fsp3) is 0.750. The van der Waals surface area contributed by atoms with Gasteiger partial charge < -0.3 is 5.32 Å². The van der Waals surface area contributed by atoms with Crippen LogP contribution in [0.15, 0.2) is 0 Å². The van der Waals surface area contributed by atoms with Gasteiger partial charge in [0.25, 0.3) is 0 Å². The lowest BCUT2D eigenvalue weighted by Gasteiger charge is -1.95. The molecule has 1 amide bonds. The first-order chi connectivity index (χ1) is 3.29. The second kappa shape index (κ2) is 1.85. The molecule has 1 heterocycles. The molecule has 1 unspecified atom stereocenters. The molecular formula is C4H8AlNO. The number of hydrogen-bond acceptors (Lipinski definition) is 1. The topological polar surface area (TPSA) is 29.1 Å². The second-order valence-corrected chi connectivity index (χ2v) is 3.40. The van der Waals surface area contributed by atoms with Gasteiger partial charge in [-0.2, -0.15) is 0 Å². The van der Waals surface area contributed by atoms with E-state index in [4.69, 9.17) is 0 Å². The van der Waals surface area contributed by atoms with Gasteiger partial charge in [0.2, 0.25) is 22.2 Å². The molecule has 1 rings (SSSR count). The lowest BCUT2D eigenvalue weighted by molar-refractivity contribution is -0.119. The first-order valence-electron chi connectivity index (χ1n) is 2.58. The predicted octanol–water partition coefficient (Wildman–Crippen LogP) is -1.14. The summed E-state index contributed by atoms with van der Waals surface area (Å²) >= 11 is 1.11. The molecule has 1 aliphatic heterocycles. The van der Waals surface area contributed by atoms with Crippen LogP contribution in [0.2, 0.25) is 0 Å². The quantitative estimate of drug-likeness (QED) is 0.395. The Hall–Kier alpha value is 0.00247. The molecule has 1 fully saturated rings. The molecule has 0 bridgehead atoms. The lowest BCUT2D eigenvalue weighted by Crippen LogP contribution is -2.24. The predicted molar refractivity (Wildman–Crippen MR) is 29.7 cm³/mol. The summed E-state index contributed by atoms with van der Waals surface area (Å²) in [5.41, 5.74) is 0. The molecule has 1 saturated heterocycles. The van der Waals surface area contributed by atoms with E-state index < -0.39 is 0 Å². The minimum absolute atomic E-state index is 0.236. The normalized spacial score (nSPS) is 30.3. The number of amides is 1. The van der Waals surface area contributed by atoms with Crippen LogP contribution in [0.25, 0.3) is 0 Å². The molecule has 7 heavy (non-hydrogen) atoms. The summed E-state index contributed by atoms with van der Waals surface area (Å²) in [6, 6.07) is 0. The monoisotopic (exact) mass is 113 g/mol. The molecule has 0 aromatic rings. The Balaban J connectivity index is 2.40. The van der Waals surface area contributed by atoms with Gasteiger partial charge in [-0.15, -0.1) is 0 Å². The largest absolute Gasteiger partial charge is 0.368 e. The number of carbonyl (C=O) groups is 1. The highest BCUT2D eigenvalue weighted by atomic mass is 27.0. The molecule has 38 valence electrons. The molecule has 1 aliphatic rings. The molecule has 1 N–H and O–H groups in total. The van der Waals surface area contributed by atoms with Gasteiger partial charge in [-0.3, -0.25) is 4.79 Å². The summed E-state index contributed by atoms with van der Waals surface area (Å²) in [5.74, 6) is 0.236. The van der Waals surface area contributed by atoms with Crippen molar-refractivity contribution in [2.24, 2.45) is 0 Å². The third-order valence-corrected chi connectivity index (χ3v) is 2.08. The standard InChI is InChI=1S/C4H6NO.Al.2H/c6-4-2-1-3-5-4;;;/h3H,1-2H2,(H,5,6);;;. The summed E-state index contributed by atoms with van der Waals surface area (Å²) < 4.78 is 0. The molecule has 0 aromatic heterocycles. The zero-order valence-electron chi connectivity index (χ0n) is 4.40. The fourth-order valence-corrected chi connectivity index (χ4v) is 1.38. The van der Waals surface area contributed by atoms with Gasteiger partial charge in [-0.05, 0) is 11.3 Å². The van der Waals surface area contributed by atoms with E-state index in [1.54, 1.807) is 0 Å². The first kappa shape index (κ1) is 5.15. The van der Waals surface area contributed by atoms with Gasteiger partial charge in [0.15, 0.2) is 0 Å². The van der Waals surface area contributed by atoms with E-state index in [2.05, 4.69) is 5.32 Å². The van der Waals surface area contributed by atoms with E-state index in [1.165, 1.54) is 0 Å². The van der Waals surface area contributed by atoms with Crippen LogP contribution >= 0.6 is 0 Å². The van der Waals surface area contributed by atoms with Crippen molar-refractivity contribution in [1.29, 1.82) is 0 Å². The average Bonchev–Trinajstić information content (AvgIpc) is 1.87. The molecule has 1 atom stereocenters. The van der Waals surface area contributed by atoms with Gasteiger partial charge in [0, 0.05) is 6.42 Å². The van der Waals surface area contributed by atoms with Crippen molar-refractivity contribution in [3.05, 3.63) is 0 Å². The van der Waals surface area contributed by atoms with Crippen LogP contribution in [0.3, 0.4) is 0 Å². The van der Waals surface area contributed by atoms with E-state index in [-0.39, 0.29) is 5.91 Å². The Morgan fingerprint density at radius 3 is 2.71 bits per heavy atom. The van der Waals surface area contributed by atoms with Gasteiger partial charge in [-0.25, -0.2) is 0 Å². The van der Waals surface area contributed by atoms with Gasteiger partial charge in [0.1, 0.15) is 0 Å². The van der Waals surface area contributed by atoms with Crippen molar-refractivity contribution in [3.8, 4) is 0 Å². The maximum atomic E-state index is 10.4. The van der Waals surface area contributed by atoms with Crippen molar-refractivity contribution < 1.29 is 4.79 Å². The van der Waals surface area contributed by atoms with Crippen LogP contribution < -0.4 is 5.32 Å². The molecule has 0 aliphatic carbocycles. The smallest absolute Gasteiger partial charge is 0.248 e. The molecule has 3 heteroatoms. The van der Waals surface area contributed by atoms with E-state index in [0.29, 0.717) is 4.90 Å². The number of nitrogens with one attached hydrogen (secondary N) is 1. The van der Waals surface area contributed by atoms with Gasteiger partial charge >= 0.3 is 0 Å². The molecule has 2 nitrogen and oxygen atoms in total. The highest BCUT2D eigenvalue weighted by Crippen LogP contribution is 2.00. The van der Waals surface area contributed by atoms with Crippen LogP contribution in [0, 0.1) is 0 Å². The van der Waals surface area contributed by atoms with Crippen LogP contribution in [0.4, 0.5) is 0 Å². The van der Waals surface area contributed by atoms with Crippen molar-refractivity contribution in [1.82, 2.24) is 5.32 Å². The van der Waals surface area contributed by atoms with Crippen molar-refractivity contribution in [3.63, 3.8) is 0 Å². The Bertz CT molecular complexity index is 93.7. The zero-order valence-corrected chi connectivity index (χ0v) is 6.40. The average molecular weight is 113 g/mol. The lowest BCUT2D eigenvalue weighted by atomic mass is 10.4. The maximum absolute atomic E-state index is 10.4. The number of carbonyl (C=O) groups excluding carboxylic acids is 1. The van der Waals surface area contributed by atoms with E-state index >= 15 is 0 Å². The van der Waals surface area contributed by atoms with Gasteiger partial charge in [0.05, 0.1) is 0 Å². The molecule has 0 saturated carbocycles. The van der Waals surface area contributed by atoms with Gasteiger partial charge in [-0.1, -0.05) is 0 Å². The highest BCUT2D eigenvalue weighted by molar-refractivity contribution is 6.14. The summed E-state index contributed by atoms with van der Waals surface area (Å²) in [6.07, 6.45) is 1.83. The van der Waals surface area contributed by atoms with E-state index in [9.17, 15) is 4.79 Å². The summed E-state index contributed by atoms with van der Waals surface area (Å²) in [4.78, 5) is 10.9. The fourth-order valence-electron chi connectivity index (χ4n) is 0.767. The molecule has 0 radical (unpaired) electrons. The number of hydrogen-bond donors (Lipinski definition) is 1. The maximum Gasteiger partial charge on any atom is 0.248 e. The second-order valence-electron chi connectivity index (χ2n) is 2.01. The van der Waals surface area contributed by atoms with Crippen LogP contribution in [-0.2, 0) is 4.79 Å². The highest BCUT2D eigenvalue weighted by Gasteiger charge is 2.14. The van der Waals surface area contributed by atoms with Crippen LogP contribution in [0.5, 0.6) is 0 Å². The third-order valence-electron chi connectivity index (χ3n) is 1.21. The Morgan fingerprint density at radius 1 is 1.86 bits per heavy atom. The summed E-state index contributed by atoms with van der Waals surface area (Å²) in [7, 11) is 0. The van der Waals surface area contributed by atoms with Crippen LogP contribution in [-0.4, -0.2) is 27.1 Å². The summed E-state index contributed by atoms with van der Waals surface area (Å²) in [6.45, 7) is 0. The molecule has 0 spiro atoms. The Kier molecular flexibility index (Phi) is 1.36. The molecule has 0 aromatic carbocycles. The zero-order chi connectivity index (χ0) is 5.28. The number of rotatable bonds is 0. The van der Waals surface area contributed by atoms with E-state index in [0.717, 1.165) is 29.1 Å². The Labute approximate surface area is 50.7 Å². The third kappa shape index (κ3) is 1.19. The summed E-state index contributed by atoms with van der Waals surface area (Å²) in [5, 5.41) is 2.84. The SMILES string of the molecule is O=C1CC[CH]([AlH2])N1. The minimum atomic E-state index is 0.236. The van der Waals surface area contributed by atoms with Crippen molar-refractivity contribution >= 4 is 22.2 Å². The van der Waals surface area contributed by atoms with E-state index in [1.807, 2.05) is 0 Å². The van der Waals surface area contributed by atoms with Crippen molar-refractivity contribution in [2.45, 2.75) is 17.7 Å².